The van der Waals surface area contributed by atoms with E-state index in [0.29, 0.717) is 39.1 Å². The smallest absolute Gasteiger partial charge is 0.227 e. The minimum atomic E-state index is -0.497. The third-order valence-corrected chi connectivity index (χ3v) is 4.88. The molecule has 1 atom stereocenters. The van der Waals surface area contributed by atoms with Crippen molar-refractivity contribution in [2.45, 2.75) is 18.9 Å². The standard InChI is InChI=1S/C18H29N3O3.2ClH/c1-21(2)16(14-5-4-6-15(11-14)23-3)12-20-17(22)18(13-19)7-9-24-10-8-18;;/h4-6,11,16H,7-10,12-13,19H2,1-3H3,(H,20,22);2*1H. The van der Waals surface area contributed by atoms with Gasteiger partial charge in [0.2, 0.25) is 5.91 Å². The third-order valence-electron chi connectivity index (χ3n) is 4.88. The topological polar surface area (TPSA) is 76.8 Å². The molecule has 0 saturated carbocycles. The summed E-state index contributed by atoms with van der Waals surface area (Å²) in [7, 11) is 5.66. The van der Waals surface area contributed by atoms with Gasteiger partial charge in [-0.1, -0.05) is 12.1 Å². The van der Waals surface area contributed by atoms with Crippen molar-refractivity contribution in [1.82, 2.24) is 10.2 Å². The monoisotopic (exact) mass is 407 g/mol. The molecule has 1 aliphatic rings. The third kappa shape index (κ3) is 5.99. The molecule has 6 nitrogen and oxygen atoms in total. The number of hydrogen-bond acceptors (Lipinski definition) is 5. The molecule has 1 unspecified atom stereocenters. The Balaban J connectivity index is 0.00000312. The number of likely N-dealkylation sites (N-methyl/N-ethyl adjacent to an activating group) is 1. The van der Waals surface area contributed by atoms with Gasteiger partial charge in [0.1, 0.15) is 5.75 Å². The first-order valence-corrected chi connectivity index (χ1v) is 8.39. The highest BCUT2D eigenvalue weighted by molar-refractivity contribution is 5.85. The average Bonchev–Trinajstić information content (AvgIpc) is 2.62. The molecule has 2 rings (SSSR count). The molecule has 0 aromatic heterocycles. The number of hydrogen-bond donors (Lipinski definition) is 2. The summed E-state index contributed by atoms with van der Waals surface area (Å²) < 4.78 is 10.7. The van der Waals surface area contributed by atoms with Gasteiger partial charge < -0.3 is 25.4 Å². The predicted octanol–water partition coefficient (Wildman–Crippen LogP) is 2.01. The molecule has 0 aliphatic carbocycles. The van der Waals surface area contributed by atoms with Crippen molar-refractivity contribution in [3.05, 3.63) is 29.8 Å². The van der Waals surface area contributed by atoms with Crippen molar-refractivity contribution in [3.8, 4) is 5.75 Å². The zero-order valence-electron chi connectivity index (χ0n) is 15.7. The van der Waals surface area contributed by atoms with Gasteiger partial charge in [0, 0.05) is 26.3 Å². The summed E-state index contributed by atoms with van der Waals surface area (Å²) >= 11 is 0. The molecule has 0 spiro atoms. The van der Waals surface area contributed by atoms with E-state index in [4.69, 9.17) is 15.2 Å². The molecule has 0 bridgehead atoms. The number of rotatable bonds is 7. The van der Waals surface area contributed by atoms with Gasteiger partial charge in [-0.25, -0.2) is 0 Å². The number of benzene rings is 1. The van der Waals surface area contributed by atoms with Crippen LogP contribution in [0.15, 0.2) is 24.3 Å². The number of halogens is 2. The first-order chi connectivity index (χ1) is 11.5. The summed E-state index contributed by atoms with van der Waals surface area (Å²) in [6, 6.07) is 8.00. The lowest BCUT2D eigenvalue weighted by Gasteiger charge is -2.35. The fraction of sp³-hybridized carbons (Fsp3) is 0.611. The van der Waals surface area contributed by atoms with Crippen LogP contribution in [0.25, 0.3) is 0 Å². The number of methoxy groups -OCH3 is 1. The highest BCUT2D eigenvalue weighted by Gasteiger charge is 2.38. The van der Waals surface area contributed by atoms with Crippen LogP contribution in [0.4, 0.5) is 0 Å². The molecule has 1 fully saturated rings. The van der Waals surface area contributed by atoms with Crippen molar-refractivity contribution in [3.63, 3.8) is 0 Å². The number of nitrogens with one attached hydrogen (secondary N) is 1. The highest BCUT2D eigenvalue weighted by Crippen LogP contribution is 2.30. The van der Waals surface area contributed by atoms with E-state index in [2.05, 4.69) is 10.2 Å². The Hall–Kier alpha value is -1.05. The van der Waals surface area contributed by atoms with Crippen LogP contribution in [0, 0.1) is 5.41 Å². The fourth-order valence-corrected chi connectivity index (χ4v) is 3.11. The Morgan fingerprint density at radius 2 is 2.00 bits per heavy atom. The molecule has 150 valence electrons. The van der Waals surface area contributed by atoms with E-state index < -0.39 is 5.41 Å². The highest BCUT2D eigenvalue weighted by atomic mass is 35.5. The van der Waals surface area contributed by atoms with Gasteiger partial charge in [0.25, 0.3) is 0 Å². The van der Waals surface area contributed by atoms with E-state index in [-0.39, 0.29) is 36.8 Å². The fourth-order valence-electron chi connectivity index (χ4n) is 3.11. The van der Waals surface area contributed by atoms with Crippen LogP contribution in [0.1, 0.15) is 24.4 Å². The van der Waals surface area contributed by atoms with Crippen molar-refractivity contribution in [2.24, 2.45) is 11.1 Å². The zero-order valence-corrected chi connectivity index (χ0v) is 17.3. The Bertz CT molecular complexity index is 552. The number of carbonyl (C=O) groups excluding carboxylic acids is 1. The summed E-state index contributed by atoms with van der Waals surface area (Å²) in [6.45, 7) is 2.07. The van der Waals surface area contributed by atoms with E-state index >= 15 is 0 Å². The number of nitrogens with two attached hydrogens (primary N) is 1. The second-order valence-electron chi connectivity index (χ2n) is 6.56. The number of carbonyl (C=O) groups is 1. The first kappa shape index (κ1) is 24.9. The van der Waals surface area contributed by atoms with Crippen LogP contribution in [-0.2, 0) is 9.53 Å². The van der Waals surface area contributed by atoms with Crippen LogP contribution in [0.3, 0.4) is 0 Å². The summed E-state index contributed by atoms with van der Waals surface area (Å²) in [5, 5.41) is 3.10. The van der Waals surface area contributed by atoms with Crippen molar-refractivity contribution < 1.29 is 14.3 Å². The lowest BCUT2D eigenvalue weighted by Crippen LogP contribution is -2.50. The predicted molar refractivity (Wildman–Crippen MR) is 108 cm³/mol. The molecular formula is C18H31Cl2N3O3. The van der Waals surface area contributed by atoms with Gasteiger partial charge >= 0.3 is 0 Å². The van der Waals surface area contributed by atoms with Crippen molar-refractivity contribution in [2.75, 3.05) is 47.5 Å². The Morgan fingerprint density at radius 1 is 1.35 bits per heavy atom. The van der Waals surface area contributed by atoms with E-state index in [1.165, 1.54) is 0 Å². The van der Waals surface area contributed by atoms with Gasteiger partial charge in [0.05, 0.1) is 18.6 Å². The molecule has 1 aromatic carbocycles. The van der Waals surface area contributed by atoms with Gasteiger partial charge in [-0.2, -0.15) is 0 Å². The van der Waals surface area contributed by atoms with Crippen LogP contribution >= 0.6 is 24.8 Å². The van der Waals surface area contributed by atoms with Crippen LogP contribution < -0.4 is 15.8 Å². The van der Waals surface area contributed by atoms with Crippen LogP contribution in [-0.4, -0.2) is 58.3 Å². The molecule has 26 heavy (non-hydrogen) atoms. The maximum absolute atomic E-state index is 12.7. The molecule has 1 saturated heterocycles. The largest absolute Gasteiger partial charge is 0.497 e. The van der Waals surface area contributed by atoms with Crippen molar-refractivity contribution >= 4 is 30.7 Å². The summed E-state index contributed by atoms with van der Waals surface area (Å²) in [5.74, 6) is 0.844. The molecular weight excluding hydrogens is 377 g/mol. The van der Waals surface area contributed by atoms with Gasteiger partial charge in [0.15, 0.2) is 0 Å². The lowest BCUT2D eigenvalue weighted by molar-refractivity contribution is -0.136. The van der Waals surface area contributed by atoms with E-state index in [9.17, 15) is 4.79 Å². The molecule has 1 aromatic rings. The molecule has 0 radical (unpaired) electrons. The quantitative estimate of drug-likeness (QED) is 0.722. The van der Waals surface area contributed by atoms with E-state index in [1.807, 2.05) is 38.4 Å². The van der Waals surface area contributed by atoms with Crippen LogP contribution in [0.5, 0.6) is 5.75 Å². The van der Waals surface area contributed by atoms with E-state index in [0.717, 1.165) is 11.3 Å². The Morgan fingerprint density at radius 3 is 2.54 bits per heavy atom. The molecule has 1 aliphatic heterocycles. The van der Waals surface area contributed by atoms with Gasteiger partial charge in [-0.05, 0) is 44.6 Å². The van der Waals surface area contributed by atoms with E-state index in [1.54, 1.807) is 7.11 Å². The SMILES string of the molecule is COc1cccc(C(CNC(=O)C2(CN)CCOCC2)N(C)C)c1.Cl.Cl. The molecule has 3 N–H and O–H groups in total. The molecule has 8 heteroatoms. The minimum Gasteiger partial charge on any atom is -0.497 e. The normalized spacial score (nSPS) is 16.8. The number of nitrogens with zero attached hydrogens (tertiary/aromatic N) is 1. The van der Waals surface area contributed by atoms with Crippen molar-refractivity contribution in [1.29, 1.82) is 0 Å². The Kier molecular flexibility index (Phi) is 11.1. The summed E-state index contributed by atoms with van der Waals surface area (Å²) in [6.07, 6.45) is 1.36. The molecule has 1 heterocycles. The van der Waals surface area contributed by atoms with Gasteiger partial charge in [-0.15, -0.1) is 24.8 Å². The maximum atomic E-state index is 12.7. The summed E-state index contributed by atoms with van der Waals surface area (Å²) in [4.78, 5) is 14.8. The summed E-state index contributed by atoms with van der Waals surface area (Å²) in [5.41, 5.74) is 6.52. The minimum absolute atomic E-state index is 0. The molecule has 1 amide bonds. The lowest BCUT2D eigenvalue weighted by atomic mass is 9.79. The second-order valence-corrected chi connectivity index (χ2v) is 6.56. The van der Waals surface area contributed by atoms with Gasteiger partial charge in [-0.3, -0.25) is 4.79 Å². The number of amides is 1. The zero-order chi connectivity index (χ0) is 17.6. The van der Waals surface area contributed by atoms with Crippen LogP contribution in [0.2, 0.25) is 0 Å². The first-order valence-electron chi connectivity index (χ1n) is 8.39. The maximum Gasteiger partial charge on any atom is 0.227 e. The number of ether oxygens (including phenoxy) is 2. The second kappa shape index (κ2) is 11.6. The Labute approximate surface area is 168 Å². The average molecular weight is 408 g/mol.